The normalized spacial score (nSPS) is 10.3. The van der Waals surface area contributed by atoms with Crippen molar-refractivity contribution >= 4 is 18.4 Å². The molecular weight excluding hydrogens is 322 g/mol. The third-order valence-corrected chi connectivity index (χ3v) is 3.75. The van der Waals surface area contributed by atoms with Crippen LogP contribution in [0.1, 0.15) is 27.9 Å². The average molecular weight is 348 g/mol. The summed E-state index contributed by atoms with van der Waals surface area (Å²) >= 11 is 0. The fourth-order valence-electron chi connectivity index (χ4n) is 2.48. The fraction of sp³-hybridized carbons (Fsp3) is 0.350. The Morgan fingerprint density at radius 2 is 1.62 bits per heavy atom. The van der Waals surface area contributed by atoms with E-state index in [9.17, 15) is 4.79 Å². The van der Waals surface area contributed by atoms with Crippen LogP contribution in [0.4, 0.5) is 0 Å². The lowest BCUT2D eigenvalue weighted by Gasteiger charge is -2.11. The van der Waals surface area contributed by atoms with Crippen LogP contribution < -0.4 is 0 Å². The van der Waals surface area contributed by atoms with E-state index in [0.29, 0.717) is 12.2 Å². The number of carbonyl (C=O) groups excluding carboxylic acids is 1. The molecule has 130 valence electrons. The first-order chi connectivity index (χ1) is 11.2. The van der Waals surface area contributed by atoms with Gasteiger partial charge in [-0.2, -0.15) is 0 Å². The predicted octanol–water partition coefficient (Wildman–Crippen LogP) is 4.00. The molecule has 0 spiro atoms. The van der Waals surface area contributed by atoms with Crippen LogP contribution in [0.2, 0.25) is 0 Å². The molecule has 0 aliphatic rings. The van der Waals surface area contributed by atoms with Crippen molar-refractivity contribution in [3.63, 3.8) is 0 Å². The lowest BCUT2D eigenvalue weighted by Crippen LogP contribution is -2.16. The molecule has 0 amide bonds. The standard InChI is InChI=1S/C20H25NO2.ClH/c1-21(2)15-8-16-23-20(22)19-12-7-6-11-18(19)14-13-17-9-4-3-5-10-17;/h3-7,9-12H,8,13-16H2,1-2H3;1H. The molecule has 0 aliphatic heterocycles. The second-order valence-electron chi connectivity index (χ2n) is 5.94. The second kappa shape index (κ2) is 10.8. The monoisotopic (exact) mass is 347 g/mol. The molecule has 0 aliphatic carbocycles. The number of benzene rings is 2. The van der Waals surface area contributed by atoms with E-state index in [4.69, 9.17) is 4.74 Å². The molecule has 2 rings (SSSR count). The molecule has 3 nitrogen and oxygen atoms in total. The van der Waals surface area contributed by atoms with Crippen LogP contribution in [0.5, 0.6) is 0 Å². The van der Waals surface area contributed by atoms with Crippen molar-refractivity contribution in [3.05, 3.63) is 71.3 Å². The number of halogens is 1. The van der Waals surface area contributed by atoms with Crippen LogP contribution in [-0.2, 0) is 17.6 Å². The highest BCUT2D eigenvalue weighted by Crippen LogP contribution is 2.14. The molecule has 0 bridgehead atoms. The molecule has 0 fully saturated rings. The van der Waals surface area contributed by atoms with Gasteiger partial charge in [-0.3, -0.25) is 0 Å². The first-order valence-electron chi connectivity index (χ1n) is 8.10. The van der Waals surface area contributed by atoms with Crippen molar-refractivity contribution in [2.24, 2.45) is 0 Å². The number of esters is 1. The highest BCUT2D eigenvalue weighted by Gasteiger charge is 2.12. The van der Waals surface area contributed by atoms with Crippen LogP contribution in [0, 0.1) is 0 Å². The average Bonchev–Trinajstić information content (AvgIpc) is 2.58. The molecule has 4 heteroatoms. The maximum absolute atomic E-state index is 12.3. The van der Waals surface area contributed by atoms with Gasteiger partial charge in [0, 0.05) is 6.54 Å². The molecule has 0 atom stereocenters. The largest absolute Gasteiger partial charge is 0.462 e. The molecule has 0 N–H and O–H groups in total. The first kappa shape index (κ1) is 20.2. The lowest BCUT2D eigenvalue weighted by atomic mass is 10.00. The summed E-state index contributed by atoms with van der Waals surface area (Å²) in [6.07, 6.45) is 2.61. The molecule has 0 unspecified atom stereocenters. The number of aryl methyl sites for hydroxylation is 2. The number of carbonyl (C=O) groups is 1. The van der Waals surface area contributed by atoms with Gasteiger partial charge >= 0.3 is 5.97 Å². The SMILES string of the molecule is CN(C)CCCOC(=O)c1ccccc1CCc1ccccc1.Cl. The van der Waals surface area contributed by atoms with Crippen LogP contribution in [-0.4, -0.2) is 38.1 Å². The number of hydrogen-bond acceptors (Lipinski definition) is 3. The van der Waals surface area contributed by atoms with Gasteiger partial charge in [-0.1, -0.05) is 48.5 Å². The molecular formula is C20H26ClNO2. The van der Waals surface area contributed by atoms with Gasteiger partial charge in [-0.05, 0) is 50.6 Å². The van der Waals surface area contributed by atoms with Crippen molar-refractivity contribution in [1.29, 1.82) is 0 Å². The summed E-state index contributed by atoms with van der Waals surface area (Å²) in [5.74, 6) is -0.215. The predicted molar refractivity (Wildman–Crippen MR) is 101 cm³/mol. The molecule has 0 saturated heterocycles. The Morgan fingerprint density at radius 3 is 2.33 bits per heavy atom. The fourth-order valence-corrected chi connectivity index (χ4v) is 2.48. The maximum Gasteiger partial charge on any atom is 0.338 e. The van der Waals surface area contributed by atoms with Crippen molar-refractivity contribution in [2.45, 2.75) is 19.3 Å². The molecule has 2 aromatic rings. The Bertz CT molecular complexity index is 614. The number of hydrogen-bond donors (Lipinski definition) is 0. The van der Waals surface area contributed by atoms with Crippen LogP contribution >= 0.6 is 12.4 Å². The summed E-state index contributed by atoms with van der Waals surface area (Å²) in [4.78, 5) is 14.4. The van der Waals surface area contributed by atoms with E-state index in [-0.39, 0.29) is 18.4 Å². The Labute approximate surface area is 151 Å². The van der Waals surface area contributed by atoms with Crippen LogP contribution in [0.15, 0.2) is 54.6 Å². The van der Waals surface area contributed by atoms with Gasteiger partial charge in [0.25, 0.3) is 0 Å². The Morgan fingerprint density at radius 1 is 0.958 bits per heavy atom. The minimum atomic E-state index is -0.215. The van der Waals surface area contributed by atoms with Gasteiger partial charge in [-0.15, -0.1) is 12.4 Å². The van der Waals surface area contributed by atoms with E-state index in [1.807, 2.05) is 56.6 Å². The topological polar surface area (TPSA) is 29.5 Å². The van der Waals surface area contributed by atoms with Gasteiger partial charge in [0.2, 0.25) is 0 Å². The zero-order valence-corrected chi connectivity index (χ0v) is 15.2. The van der Waals surface area contributed by atoms with Gasteiger partial charge in [0.1, 0.15) is 0 Å². The molecule has 24 heavy (non-hydrogen) atoms. The van der Waals surface area contributed by atoms with E-state index in [0.717, 1.165) is 31.4 Å². The van der Waals surface area contributed by atoms with Gasteiger partial charge in [-0.25, -0.2) is 4.79 Å². The summed E-state index contributed by atoms with van der Waals surface area (Å²) in [6, 6.07) is 18.1. The maximum atomic E-state index is 12.3. The Kier molecular flexibility index (Phi) is 9.13. The Balaban J connectivity index is 0.00000288. The van der Waals surface area contributed by atoms with E-state index < -0.39 is 0 Å². The van der Waals surface area contributed by atoms with Crippen molar-refractivity contribution in [1.82, 2.24) is 4.90 Å². The van der Waals surface area contributed by atoms with E-state index >= 15 is 0 Å². The van der Waals surface area contributed by atoms with Crippen molar-refractivity contribution in [3.8, 4) is 0 Å². The van der Waals surface area contributed by atoms with Gasteiger partial charge < -0.3 is 9.64 Å². The van der Waals surface area contributed by atoms with Crippen molar-refractivity contribution < 1.29 is 9.53 Å². The minimum Gasteiger partial charge on any atom is -0.462 e. The molecule has 0 heterocycles. The highest BCUT2D eigenvalue weighted by atomic mass is 35.5. The summed E-state index contributed by atoms with van der Waals surface area (Å²) in [7, 11) is 4.03. The third-order valence-electron chi connectivity index (χ3n) is 3.75. The summed E-state index contributed by atoms with van der Waals surface area (Å²) in [5, 5.41) is 0. The zero-order valence-electron chi connectivity index (χ0n) is 14.4. The minimum absolute atomic E-state index is 0. The van der Waals surface area contributed by atoms with Crippen LogP contribution in [0.25, 0.3) is 0 Å². The third kappa shape index (κ3) is 6.73. The summed E-state index contributed by atoms with van der Waals surface area (Å²) in [6.45, 7) is 1.38. The van der Waals surface area contributed by atoms with E-state index in [2.05, 4.69) is 17.0 Å². The molecule has 2 aromatic carbocycles. The Hall–Kier alpha value is -1.84. The molecule has 0 radical (unpaired) electrons. The van der Waals surface area contributed by atoms with E-state index in [1.54, 1.807) is 0 Å². The van der Waals surface area contributed by atoms with Gasteiger partial charge in [0.15, 0.2) is 0 Å². The quantitative estimate of drug-likeness (QED) is 0.534. The zero-order chi connectivity index (χ0) is 16.5. The summed E-state index contributed by atoms with van der Waals surface area (Å²) in [5.41, 5.74) is 3.02. The molecule has 0 aromatic heterocycles. The first-order valence-corrected chi connectivity index (χ1v) is 8.10. The summed E-state index contributed by atoms with van der Waals surface area (Å²) < 4.78 is 5.41. The van der Waals surface area contributed by atoms with Crippen LogP contribution in [0.3, 0.4) is 0 Å². The van der Waals surface area contributed by atoms with E-state index in [1.165, 1.54) is 5.56 Å². The van der Waals surface area contributed by atoms with Gasteiger partial charge in [0.05, 0.1) is 12.2 Å². The molecule has 0 saturated carbocycles. The van der Waals surface area contributed by atoms with Crippen molar-refractivity contribution in [2.75, 3.05) is 27.2 Å². The second-order valence-corrected chi connectivity index (χ2v) is 5.94. The smallest absolute Gasteiger partial charge is 0.338 e. The lowest BCUT2D eigenvalue weighted by molar-refractivity contribution is 0.0492. The number of nitrogens with zero attached hydrogens (tertiary/aromatic N) is 1. The highest BCUT2D eigenvalue weighted by molar-refractivity contribution is 5.91. The number of ether oxygens (including phenoxy) is 1. The number of rotatable bonds is 8.